The first-order chi connectivity index (χ1) is 14.3. The maximum absolute atomic E-state index is 12.9. The summed E-state index contributed by atoms with van der Waals surface area (Å²) in [6.45, 7) is 0.732. The second-order valence-electron chi connectivity index (χ2n) is 6.29. The van der Waals surface area contributed by atoms with Crippen LogP contribution in [0, 0.1) is 0 Å². The van der Waals surface area contributed by atoms with E-state index in [-0.39, 0.29) is 36.2 Å². The van der Waals surface area contributed by atoms with Crippen molar-refractivity contribution in [3.63, 3.8) is 0 Å². The Hall–Kier alpha value is -1.57. The molecule has 1 heterocycles. The van der Waals surface area contributed by atoms with Crippen molar-refractivity contribution in [3.8, 4) is 5.75 Å². The van der Waals surface area contributed by atoms with E-state index >= 15 is 0 Å². The summed E-state index contributed by atoms with van der Waals surface area (Å²) in [5.41, 5.74) is -1.24. The predicted octanol–water partition coefficient (Wildman–Crippen LogP) is 3.80. The summed E-state index contributed by atoms with van der Waals surface area (Å²) in [4.78, 5) is -1.12. The SMILES string of the molecule is O=S(=O)(Oc1ccc(S(=O)(=O)N2CCOCC2)cc1Cl)c1cc(C(F)(F)F)ccc1Cl. The Balaban J connectivity index is 1.91. The molecule has 0 bridgehead atoms. The van der Waals surface area contributed by atoms with Crippen molar-refractivity contribution in [1.29, 1.82) is 0 Å². The van der Waals surface area contributed by atoms with E-state index in [1.165, 1.54) is 4.31 Å². The van der Waals surface area contributed by atoms with Crippen LogP contribution in [-0.2, 0) is 31.1 Å². The number of rotatable bonds is 5. The van der Waals surface area contributed by atoms with Crippen LogP contribution in [0.2, 0.25) is 10.0 Å². The van der Waals surface area contributed by atoms with Crippen molar-refractivity contribution in [3.05, 3.63) is 52.0 Å². The number of alkyl halides is 3. The molecule has 0 atom stereocenters. The molecule has 31 heavy (non-hydrogen) atoms. The van der Waals surface area contributed by atoms with Crippen LogP contribution in [0.15, 0.2) is 46.2 Å². The van der Waals surface area contributed by atoms with Gasteiger partial charge in [-0.25, -0.2) is 8.42 Å². The van der Waals surface area contributed by atoms with E-state index in [0.717, 1.165) is 24.3 Å². The zero-order valence-electron chi connectivity index (χ0n) is 15.4. The third kappa shape index (κ3) is 5.26. The van der Waals surface area contributed by atoms with Gasteiger partial charge in [0.2, 0.25) is 10.0 Å². The summed E-state index contributed by atoms with van der Waals surface area (Å²) < 4.78 is 100. The number of sulfonamides is 1. The van der Waals surface area contributed by atoms with Crippen LogP contribution in [0.1, 0.15) is 5.56 Å². The normalized spacial score (nSPS) is 16.3. The van der Waals surface area contributed by atoms with Gasteiger partial charge >= 0.3 is 16.3 Å². The maximum Gasteiger partial charge on any atom is 0.416 e. The number of hydrogen-bond acceptors (Lipinski definition) is 6. The third-order valence-electron chi connectivity index (χ3n) is 4.24. The molecule has 1 fully saturated rings. The minimum absolute atomic E-state index is 0.140. The van der Waals surface area contributed by atoms with Crippen molar-refractivity contribution in [2.45, 2.75) is 16.0 Å². The average Bonchev–Trinajstić information content (AvgIpc) is 2.69. The predicted molar refractivity (Wildman–Crippen MR) is 105 cm³/mol. The molecule has 0 aliphatic carbocycles. The Labute approximate surface area is 186 Å². The Morgan fingerprint density at radius 2 is 1.58 bits per heavy atom. The maximum atomic E-state index is 12.9. The van der Waals surface area contributed by atoms with Gasteiger partial charge in [0.05, 0.1) is 33.7 Å². The number of hydrogen-bond donors (Lipinski definition) is 0. The average molecular weight is 520 g/mol. The summed E-state index contributed by atoms with van der Waals surface area (Å²) in [6, 6.07) is 4.80. The lowest BCUT2D eigenvalue weighted by Gasteiger charge is -2.26. The van der Waals surface area contributed by atoms with Gasteiger partial charge in [0.25, 0.3) is 0 Å². The molecule has 0 N–H and O–H groups in total. The highest BCUT2D eigenvalue weighted by molar-refractivity contribution is 7.89. The van der Waals surface area contributed by atoms with Crippen LogP contribution < -0.4 is 4.18 Å². The second kappa shape index (κ2) is 8.75. The minimum atomic E-state index is -4.81. The van der Waals surface area contributed by atoms with Gasteiger partial charge in [-0.3, -0.25) is 0 Å². The van der Waals surface area contributed by atoms with E-state index in [1.54, 1.807) is 0 Å². The number of benzene rings is 2. The van der Waals surface area contributed by atoms with E-state index < -0.39 is 47.5 Å². The molecule has 1 saturated heterocycles. The zero-order valence-corrected chi connectivity index (χ0v) is 18.5. The molecule has 0 spiro atoms. The topological polar surface area (TPSA) is 90.0 Å². The minimum Gasteiger partial charge on any atom is -0.379 e. The molecule has 170 valence electrons. The molecule has 3 rings (SSSR count). The lowest BCUT2D eigenvalue weighted by atomic mass is 10.2. The third-order valence-corrected chi connectivity index (χ3v) is 8.15. The van der Waals surface area contributed by atoms with Gasteiger partial charge in [0.1, 0.15) is 4.90 Å². The lowest BCUT2D eigenvalue weighted by molar-refractivity contribution is -0.137. The zero-order chi connectivity index (χ0) is 23.0. The monoisotopic (exact) mass is 519 g/mol. The van der Waals surface area contributed by atoms with E-state index in [1.807, 2.05) is 0 Å². The van der Waals surface area contributed by atoms with Gasteiger partial charge in [-0.1, -0.05) is 23.2 Å². The van der Waals surface area contributed by atoms with Gasteiger partial charge in [-0.2, -0.15) is 25.9 Å². The molecular weight excluding hydrogens is 506 g/mol. The Bertz CT molecular complexity index is 1200. The van der Waals surface area contributed by atoms with Gasteiger partial charge < -0.3 is 8.92 Å². The molecule has 2 aromatic carbocycles. The Kier molecular flexibility index (Phi) is 6.80. The first kappa shape index (κ1) is 24.1. The lowest BCUT2D eigenvalue weighted by Crippen LogP contribution is -2.40. The molecule has 0 unspecified atom stereocenters. The standard InChI is InChI=1S/C17H14Cl2F3NO6S2/c18-13-3-1-11(17(20,21)22)9-16(13)31(26,27)29-15-4-2-12(10-14(15)19)30(24,25)23-5-7-28-8-6-23/h1-4,9-10H,5-8H2. The molecule has 14 heteroatoms. The van der Waals surface area contributed by atoms with E-state index in [9.17, 15) is 30.0 Å². The molecular formula is C17H14Cl2F3NO6S2. The Morgan fingerprint density at radius 1 is 0.935 bits per heavy atom. The molecule has 0 aromatic heterocycles. The highest BCUT2D eigenvalue weighted by Crippen LogP contribution is 2.36. The summed E-state index contributed by atoms with van der Waals surface area (Å²) in [5.74, 6) is -0.476. The molecule has 0 radical (unpaired) electrons. The van der Waals surface area contributed by atoms with Crippen LogP contribution in [-0.4, -0.2) is 47.4 Å². The highest BCUT2D eigenvalue weighted by atomic mass is 35.5. The van der Waals surface area contributed by atoms with Crippen LogP contribution >= 0.6 is 23.2 Å². The van der Waals surface area contributed by atoms with Crippen LogP contribution in [0.5, 0.6) is 5.75 Å². The summed E-state index contributed by atoms with van der Waals surface area (Å²) in [5, 5.41) is -0.864. The van der Waals surface area contributed by atoms with Crippen LogP contribution in [0.25, 0.3) is 0 Å². The molecule has 0 saturated carbocycles. The highest BCUT2D eigenvalue weighted by Gasteiger charge is 2.34. The largest absolute Gasteiger partial charge is 0.416 e. The summed E-state index contributed by atoms with van der Waals surface area (Å²) in [6.07, 6.45) is -4.80. The Morgan fingerprint density at radius 3 is 2.16 bits per heavy atom. The first-order valence-corrected chi connectivity index (χ1v) is 12.1. The second-order valence-corrected chi connectivity index (χ2v) is 10.6. The molecule has 7 nitrogen and oxygen atoms in total. The van der Waals surface area contributed by atoms with E-state index in [2.05, 4.69) is 0 Å². The first-order valence-electron chi connectivity index (χ1n) is 8.51. The van der Waals surface area contributed by atoms with Crippen molar-refractivity contribution in [2.75, 3.05) is 26.3 Å². The van der Waals surface area contributed by atoms with E-state index in [0.29, 0.717) is 12.1 Å². The summed E-state index contributed by atoms with van der Waals surface area (Å²) in [7, 11) is -8.72. The van der Waals surface area contributed by atoms with Gasteiger partial charge in [-0.05, 0) is 36.4 Å². The summed E-state index contributed by atoms with van der Waals surface area (Å²) >= 11 is 11.8. The molecule has 2 aromatic rings. The van der Waals surface area contributed by atoms with Crippen molar-refractivity contribution < 1.29 is 38.9 Å². The van der Waals surface area contributed by atoms with Crippen LogP contribution in [0.4, 0.5) is 13.2 Å². The van der Waals surface area contributed by atoms with Crippen molar-refractivity contribution in [1.82, 2.24) is 4.31 Å². The molecule has 0 amide bonds. The molecule has 1 aliphatic rings. The van der Waals surface area contributed by atoms with Crippen LogP contribution in [0.3, 0.4) is 0 Å². The van der Waals surface area contributed by atoms with Gasteiger partial charge in [0, 0.05) is 13.1 Å². The van der Waals surface area contributed by atoms with Crippen molar-refractivity contribution >= 4 is 43.3 Å². The number of morpholine rings is 1. The quantitative estimate of drug-likeness (QED) is 0.558. The number of nitrogens with zero attached hydrogens (tertiary/aromatic N) is 1. The van der Waals surface area contributed by atoms with Gasteiger partial charge in [0.15, 0.2) is 5.75 Å². The fourth-order valence-electron chi connectivity index (χ4n) is 2.68. The number of ether oxygens (including phenoxy) is 1. The van der Waals surface area contributed by atoms with Gasteiger partial charge in [-0.15, -0.1) is 0 Å². The fraction of sp³-hybridized carbons (Fsp3) is 0.294. The fourth-order valence-corrected chi connectivity index (χ4v) is 5.89. The molecule has 1 aliphatic heterocycles. The van der Waals surface area contributed by atoms with E-state index in [4.69, 9.17) is 32.1 Å². The smallest absolute Gasteiger partial charge is 0.379 e. The van der Waals surface area contributed by atoms with Crippen molar-refractivity contribution in [2.24, 2.45) is 0 Å². The number of halogens is 5.